The van der Waals surface area contributed by atoms with Gasteiger partial charge < -0.3 is 9.64 Å². The van der Waals surface area contributed by atoms with Gasteiger partial charge in [0.05, 0.1) is 19.0 Å². The molecule has 2 aromatic heterocycles. The number of nitrogens with zero attached hydrogens (tertiary/aromatic N) is 4. The molecular formula is C16H18N4O2. The Hall–Kier alpha value is -2.50. The predicted octanol–water partition coefficient (Wildman–Crippen LogP) is 2.04. The first-order chi connectivity index (χ1) is 10.8. The molecule has 1 aliphatic heterocycles. The number of anilines is 1. The Labute approximate surface area is 129 Å². The van der Waals surface area contributed by atoms with Gasteiger partial charge in [-0.1, -0.05) is 0 Å². The van der Waals surface area contributed by atoms with E-state index < -0.39 is 5.97 Å². The fraction of sp³-hybridized carbons (Fsp3) is 0.375. The Bertz CT molecular complexity index is 630. The zero-order chi connectivity index (χ0) is 15.4. The molecule has 6 heteroatoms. The fourth-order valence-electron chi connectivity index (χ4n) is 2.67. The van der Waals surface area contributed by atoms with E-state index in [0.29, 0.717) is 12.5 Å². The van der Waals surface area contributed by atoms with Crippen LogP contribution in [-0.4, -0.2) is 40.6 Å². The zero-order valence-corrected chi connectivity index (χ0v) is 12.5. The second kappa shape index (κ2) is 6.51. The van der Waals surface area contributed by atoms with Gasteiger partial charge in [-0.25, -0.2) is 14.8 Å². The lowest BCUT2D eigenvalue weighted by Crippen LogP contribution is -2.21. The van der Waals surface area contributed by atoms with Crippen LogP contribution in [0.5, 0.6) is 0 Å². The summed E-state index contributed by atoms with van der Waals surface area (Å²) < 4.78 is 4.91. The fourth-order valence-corrected chi connectivity index (χ4v) is 2.67. The third kappa shape index (κ3) is 3.05. The largest absolute Gasteiger partial charge is 0.461 e. The summed E-state index contributed by atoms with van der Waals surface area (Å²) >= 11 is 0. The van der Waals surface area contributed by atoms with E-state index in [0.717, 1.165) is 25.3 Å². The summed E-state index contributed by atoms with van der Waals surface area (Å²) in [7, 11) is 0. The Morgan fingerprint density at radius 1 is 1.32 bits per heavy atom. The van der Waals surface area contributed by atoms with Gasteiger partial charge in [-0.3, -0.25) is 4.98 Å². The van der Waals surface area contributed by atoms with E-state index in [-0.39, 0.29) is 5.69 Å². The van der Waals surface area contributed by atoms with E-state index in [9.17, 15) is 4.79 Å². The van der Waals surface area contributed by atoms with Crippen LogP contribution in [0.15, 0.2) is 36.9 Å². The van der Waals surface area contributed by atoms with Crippen LogP contribution >= 0.6 is 0 Å². The van der Waals surface area contributed by atoms with Gasteiger partial charge in [0.2, 0.25) is 0 Å². The lowest BCUT2D eigenvalue weighted by molar-refractivity contribution is 0.0519. The van der Waals surface area contributed by atoms with Crippen LogP contribution in [0.2, 0.25) is 0 Å². The smallest absolute Gasteiger partial charge is 0.358 e. The first kappa shape index (κ1) is 14.4. The van der Waals surface area contributed by atoms with Crippen LogP contribution in [0.25, 0.3) is 0 Å². The molecule has 1 atom stereocenters. The van der Waals surface area contributed by atoms with E-state index in [4.69, 9.17) is 4.74 Å². The number of aromatic nitrogens is 3. The van der Waals surface area contributed by atoms with Crippen molar-refractivity contribution in [2.45, 2.75) is 19.3 Å². The van der Waals surface area contributed by atoms with Gasteiger partial charge in [0, 0.05) is 31.4 Å². The molecule has 0 aliphatic carbocycles. The number of esters is 1. The number of hydrogen-bond donors (Lipinski definition) is 0. The summed E-state index contributed by atoms with van der Waals surface area (Å²) in [5, 5.41) is 0. The van der Waals surface area contributed by atoms with Crippen molar-refractivity contribution >= 4 is 11.8 Å². The van der Waals surface area contributed by atoms with E-state index in [2.05, 4.69) is 32.0 Å². The Morgan fingerprint density at radius 3 is 2.82 bits per heavy atom. The summed E-state index contributed by atoms with van der Waals surface area (Å²) in [6, 6.07) is 4.12. The highest BCUT2D eigenvalue weighted by molar-refractivity contribution is 5.86. The van der Waals surface area contributed by atoms with E-state index in [1.54, 1.807) is 13.1 Å². The maximum atomic E-state index is 11.6. The van der Waals surface area contributed by atoms with Gasteiger partial charge in [-0.05, 0) is 31.0 Å². The molecule has 0 aromatic carbocycles. The van der Waals surface area contributed by atoms with Crippen molar-refractivity contribution in [2.75, 3.05) is 24.6 Å². The lowest BCUT2D eigenvalue weighted by Gasteiger charge is -2.17. The molecule has 0 amide bonds. The topological polar surface area (TPSA) is 68.2 Å². The van der Waals surface area contributed by atoms with Crippen LogP contribution in [0.4, 0.5) is 5.82 Å². The molecule has 1 unspecified atom stereocenters. The van der Waals surface area contributed by atoms with Crippen LogP contribution in [-0.2, 0) is 4.74 Å². The van der Waals surface area contributed by atoms with Gasteiger partial charge in [0.15, 0.2) is 5.69 Å². The SMILES string of the molecule is CCOC(=O)c1cnc(N2CCC(c3ccncc3)C2)cn1. The molecule has 0 N–H and O–H groups in total. The number of ether oxygens (including phenoxy) is 1. The number of carbonyl (C=O) groups excluding carboxylic acids is 1. The molecule has 0 spiro atoms. The second-order valence-corrected chi connectivity index (χ2v) is 5.19. The highest BCUT2D eigenvalue weighted by atomic mass is 16.5. The van der Waals surface area contributed by atoms with Crippen molar-refractivity contribution in [3.05, 3.63) is 48.2 Å². The molecule has 2 aromatic rings. The highest BCUT2D eigenvalue weighted by Crippen LogP contribution is 2.29. The minimum absolute atomic E-state index is 0.246. The first-order valence-corrected chi connectivity index (χ1v) is 7.42. The van der Waals surface area contributed by atoms with Crippen molar-refractivity contribution in [1.29, 1.82) is 0 Å². The number of carbonyl (C=O) groups is 1. The van der Waals surface area contributed by atoms with E-state index in [1.165, 1.54) is 11.8 Å². The highest BCUT2D eigenvalue weighted by Gasteiger charge is 2.25. The summed E-state index contributed by atoms with van der Waals surface area (Å²) in [6.07, 6.45) is 7.84. The van der Waals surface area contributed by atoms with Crippen molar-refractivity contribution in [1.82, 2.24) is 15.0 Å². The summed E-state index contributed by atoms with van der Waals surface area (Å²) in [6.45, 7) is 3.93. The molecule has 0 saturated carbocycles. The van der Waals surface area contributed by atoms with Crippen molar-refractivity contribution in [3.63, 3.8) is 0 Å². The van der Waals surface area contributed by atoms with Gasteiger partial charge in [-0.15, -0.1) is 0 Å². The molecule has 3 rings (SSSR count). The van der Waals surface area contributed by atoms with Crippen LogP contribution in [0, 0.1) is 0 Å². The zero-order valence-electron chi connectivity index (χ0n) is 12.5. The molecule has 6 nitrogen and oxygen atoms in total. The Balaban J connectivity index is 1.67. The average molecular weight is 298 g/mol. The normalized spacial score (nSPS) is 17.5. The molecule has 0 radical (unpaired) electrons. The van der Waals surface area contributed by atoms with E-state index in [1.807, 2.05) is 12.4 Å². The first-order valence-electron chi connectivity index (χ1n) is 7.42. The summed E-state index contributed by atoms with van der Waals surface area (Å²) in [5.74, 6) is 0.844. The van der Waals surface area contributed by atoms with Gasteiger partial charge >= 0.3 is 5.97 Å². The van der Waals surface area contributed by atoms with Crippen molar-refractivity contribution < 1.29 is 9.53 Å². The van der Waals surface area contributed by atoms with E-state index >= 15 is 0 Å². The van der Waals surface area contributed by atoms with Gasteiger partial charge in [-0.2, -0.15) is 0 Å². The quantitative estimate of drug-likeness (QED) is 0.805. The average Bonchev–Trinajstić information content (AvgIpc) is 3.06. The summed E-state index contributed by atoms with van der Waals surface area (Å²) in [5.41, 5.74) is 1.55. The van der Waals surface area contributed by atoms with Gasteiger partial charge in [0.1, 0.15) is 5.82 Å². The number of pyridine rings is 1. The summed E-state index contributed by atoms with van der Waals surface area (Å²) in [4.78, 5) is 26.3. The van der Waals surface area contributed by atoms with Crippen molar-refractivity contribution in [3.8, 4) is 0 Å². The molecule has 1 saturated heterocycles. The molecule has 114 valence electrons. The minimum Gasteiger partial charge on any atom is -0.461 e. The monoisotopic (exact) mass is 298 g/mol. The maximum Gasteiger partial charge on any atom is 0.358 e. The molecule has 22 heavy (non-hydrogen) atoms. The molecular weight excluding hydrogens is 280 g/mol. The Morgan fingerprint density at radius 2 is 2.14 bits per heavy atom. The van der Waals surface area contributed by atoms with Crippen molar-refractivity contribution in [2.24, 2.45) is 0 Å². The molecule has 1 aliphatic rings. The molecule has 3 heterocycles. The second-order valence-electron chi connectivity index (χ2n) is 5.19. The third-order valence-corrected chi connectivity index (χ3v) is 3.81. The Kier molecular flexibility index (Phi) is 4.27. The van der Waals surface area contributed by atoms with Crippen LogP contribution in [0.3, 0.4) is 0 Å². The molecule has 0 bridgehead atoms. The minimum atomic E-state index is -0.433. The molecule has 1 fully saturated rings. The van der Waals surface area contributed by atoms with Crippen LogP contribution < -0.4 is 4.90 Å². The maximum absolute atomic E-state index is 11.6. The number of hydrogen-bond acceptors (Lipinski definition) is 6. The lowest BCUT2D eigenvalue weighted by atomic mass is 10.00. The third-order valence-electron chi connectivity index (χ3n) is 3.81. The standard InChI is InChI=1S/C16H18N4O2/c1-2-22-16(21)14-9-19-15(10-18-14)20-8-5-13(11-20)12-3-6-17-7-4-12/h3-4,6-7,9-10,13H,2,5,8,11H2,1H3. The van der Waals surface area contributed by atoms with Crippen LogP contribution in [0.1, 0.15) is 35.3 Å². The predicted molar refractivity (Wildman–Crippen MR) is 81.8 cm³/mol. The van der Waals surface area contributed by atoms with Gasteiger partial charge in [0.25, 0.3) is 0 Å². The number of rotatable bonds is 4.